The molecule has 0 radical (unpaired) electrons. The Bertz CT molecular complexity index is 744. The first-order chi connectivity index (χ1) is 8.48. The van der Waals surface area contributed by atoms with Crippen molar-refractivity contribution >= 4 is 24.9 Å². The van der Waals surface area contributed by atoms with E-state index in [2.05, 4.69) is 51.3 Å². The molecular weight excluding hydrogens is 238 g/mol. The summed E-state index contributed by atoms with van der Waals surface area (Å²) in [6.07, 6.45) is 0. The summed E-state index contributed by atoms with van der Waals surface area (Å²) in [5.41, 5.74) is 3.45. The number of benzene rings is 2. The molecule has 3 rings (SSSR count). The molecule has 2 aromatic carbocycles. The molecule has 0 fully saturated rings. The van der Waals surface area contributed by atoms with Crippen LogP contribution in [0.15, 0.2) is 46.3 Å². The fourth-order valence-corrected chi connectivity index (χ4v) is 2.78. The highest BCUT2D eigenvalue weighted by molar-refractivity contribution is 7.80. The van der Waals surface area contributed by atoms with Gasteiger partial charge in [-0.2, -0.15) is 0 Å². The maximum absolute atomic E-state index is 4.73. The fourth-order valence-electron chi connectivity index (χ4n) is 2.58. The van der Waals surface area contributed by atoms with Gasteiger partial charge in [-0.3, -0.25) is 0 Å². The number of hydrogen-bond acceptors (Lipinski definition) is 2. The van der Waals surface area contributed by atoms with E-state index in [1.807, 2.05) is 18.2 Å². The zero-order chi connectivity index (χ0) is 12.9. The first kappa shape index (κ1) is 11.5. The van der Waals surface area contributed by atoms with E-state index in [1.54, 1.807) is 0 Å². The molecule has 0 N–H and O–H groups in total. The Hall–Kier alpha value is -1.54. The Kier molecular flexibility index (Phi) is 2.39. The van der Waals surface area contributed by atoms with Gasteiger partial charge in [0.15, 0.2) is 0 Å². The van der Waals surface area contributed by atoms with Gasteiger partial charge < -0.3 is 0 Å². The molecule has 0 atom stereocenters. The fraction of sp³-hybridized carbons (Fsp3) is 0.188. The molecule has 0 spiro atoms. The summed E-state index contributed by atoms with van der Waals surface area (Å²) in [4.78, 5) is 5.70. The average Bonchev–Trinajstić information content (AvgIpc) is 2.32. The summed E-state index contributed by atoms with van der Waals surface area (Å²) in [5.74, 6) is 0. The van der Waals surface area contributed by atoms with Crippen molar-refractivity contribution in [2.24, 2.45) is 4.99 Å². The van der Waals surface area contributed by atoms with Crippen LogP contribution in [-0.4, -0.2) is 0 Å². The molecule has 0 bridgehead atoms. The van der Waals surface area contributed by atoms with Crippen LogP contribution in [-0.2, 0) is 5.41 Å². The maximum Gasteiger partial charge on any atom is 0.0678 e. The Labute approximate surface area is 112 Å². The molecule has 1 aliphatic heterocycles. The lowest BCUT2D eigenvalue weighted by Gasteiger charge is -2.31. The Morgan fingerprint density at radius 2 is 1.83 bits per heavy atom. The molecule has 1 heterocycles. The molecule has 1 aliphatic rings. The minimum atomic E-state index is -0.0567. The summed E-state index contributed by atoms with van der Waals surface area (Å²) < 4.78 is 0. The van der Waals surface area contributed by atoms with Crippen molar-refractivity contribution in [2.45, 2.75) is 24.2 Å². The van der Waals surface area contributed by atoms with Crippen LogP contribution in [0.5, 0.6) is 0 Å². The monoisotopic (exact) mass is 253 g/mol. The lowest BCUT2D eigenvalue weighted by Crippen LogP contribution is -2.32. The predicted octanol–water partition coefficient (Wildman–Crippen LogP) is 2.98. The summed E-state index contributed by atoms with van der Waals surface area (Å²) in [6.45, 7) is 8.47. The molecule has 0 amide bonds. The SMILES string of the molecule is C=c1ccc2c(c1)C(C)(C)c1cc(S)ccc1N=2. The number of nitrogens with zero attached hydrogens (tertiary/aromatic N) is 1. The van der Waals surface area contributed by atoms with Gasteiger partial charge in [-0.05, 0) is 46.7 Å². The Balaban J connectivity index is 2.44. The number of hydrogen-bond donors (Lipinski definition) is 1. The average molecular weight is 253 g/mol. The lowest BCUT2D eigenvalue weighted by molar-refractivity contribution is 0.622. The van der Waals surface area contributed by atoms with Gasteiger partial charge in [0, 0.05) is 10.3 Å². The van der Waals surface area contributed by atoms with Crippen LogP contribution in [0.1, 0.15) is 25.0 Å². The van der Waals surface area contributed by atoms with E-state index in [4.69, 9.17) is 4.99 Å². The van der Waals surface area contributed by atoms with Gasteiger partial charge in [0.1, 0.15) is 0 Å². The van der Waals surface area contributed by atoms with Crippen molar-refractivity contribution in [1.29, 1.82) is 0 Å². The summed E-state index contributed by atoms with van der Waals surface area (Å²) in [6, 6.07) is 12.3. The lowest BCUT2D eigenvalue weighted by atomic mass is 9.75. The van der Waals surface area contributed by atoms with Crippen molar-refractivity contribution < 1.29 is 0 Å². The van der Waals surface area contributed by atoms with Crippen molar-refractivity contribution in [3.8, 4) is 0 Å². The number of rotatable bonds is 0. The number of fused-ring (bicyclic) bond motifs is 2. The van der Waals surface area contributed by atoms with E-state index in [0.29, 0.717) is 0 Å². The van der Waals surface area contributed by atoms with Crippen LogP contribution in [0.2, 0.25) is 0 Å². The minimum absolute atomic E-state index is 0.0567. The highest BCUT2D eigenvalue weighted by atomic mass is 32.1. The second kappa shape index (κ2) is 3.72. The highest BCUT2D eigenvalue weighted by Crippen LogP contribution is 2.39. The van der Waals surface area contributed by atoms with Crippen LogP contribution in [0, 0.1) is 0 Å². The molecule has 0 aliphatic carbocycles. The van der Waals surface area contributed by atoms with Crippen molar-refractivity contribution in [3.05, 3.63) is 58.1 Å². The molecular formula is C16H15NS. The van der Waals surface area contributed by atoms with Gasteiger partial charge in [0.2, 0.25) is 0 Å². The second-order valence-corrected chi connectivity index (χ2v) is 5.81. The van der Waals surface area contributed by atoms with Gasteiger partial charge in [0.25, 0.3) is 0 Å². The first-order valence-electron chi connectivity index (χ1n) is 6.00. The van der Waals surface area contributed by atoms with Gasteiger partial charge in [-0.15, -0.1) is 12.6 Å². The van der Waals surface area contributed by atoms with Crippen molar-refractivity contribution in [3.63, 3.8) is 0 Å². The predicted molar refractivity (Wildman–Crippen MR) is 78.2 cm³/mol. The second-order valence-electron chi connectivity index (χ2n) is 5.29. The van der Waals surface area contributed by atoms with E-state index in [1.165, 1.54) is 11.1 Å². The van der Waals surface area contributed by atoms with Gasteiger partial charge in [-0.1, -0.05) is 26.5 Å². The van der Waals surface area contributed by atoms with E-state index < -0.39 is 0 Å². The van der Waals surface area contributed by atoms with Crippen LogP contribution in [0.4, 0.5) is 5.69 Å². The van der Waals surface area contributed by atoms with Crippen molar-refractivity contribution in [1.82, 2.24) is 0 Å². The molecule has 1 nitrogen and oxygen atoms in total. The summed E-state index contributed by atoms with van der Waals surface area (Å²) >= 11 is 4.43. The van der Waals surface area contributed by atoms with Crippen LogP contribution in [0.3, 0.4) is 0 Å². The van der Waals surface area contributed by atoms with Crippen LogP contribution < -0.4 is 10.6 Å². The standard InChI is InChI=1S/C16H15NS/c1-10-4-6-14-12(8-10)16(2,3)13-9-11(18)5-7-15(13)17-14/h4-9,18H,1H2,2-3H3. The van der Waals surface area contributed by atoms with Gasteiger partial charge in [-0.25, -0.2) is 4.99 Å². The third-order valence-corrected chi connectivity index (χ3v) is 3.91. The molecule has 18 heavy (non-hydrogen) atoms. The largest absolute Gasteiger partial charge is 0.248 e. The number of thiol groups is 1. The van der Waals surface area contributed by atoms with Gasteiger partial charge in [0.05, 0.1) is 11.0 Å². The van der Waals surface area contributed by atoms with Crippen molar-refractivity contribution in [2.75, 3.05) is 0 Å². The van der Waals surface area contributed by atoms with Crippen LogP contribution in [0.25, 0.3) is 6.58 Å². The minimum Gasteiger partial charge on any atom is -0.248 e. The van der Waals surface area contributed by atoms with Gasteiger partial charge >= 0.3 is 0 Å². The maximum atomic E-state index is 4.73. The highest BCUT2D eigenvalue weighted by Gasteiger charge is 2.30. The van der Waals surface area contributed by atoms with Crippen LogP contribution >= 0.6 is 12.6 Å². The summed E-state index contributed by atoms with van der Waals surface area (Å²) in [7, 11) is 0. The normalized spacial score (nSPS) is 15.5. The molecule has 0 saturated carbocycles. The quantitative estimate of drug-likeness (QED) is 0.693. The summed E-state index contributed by atoms with van der Waals surface area (Å²) in [5, 5.41) is 2.08. The smallest absolute Gasteiger partial charge is 0.0678 e. The van der Waals surface area contributed by atoms with E-state index in [9.17, 15) is 0 Å². The molecule has 90 valence electrons. The topological polar surface area (TPSA) is 12.4 Å². The Morgan fingerprint density at radius 3 is 2.61 bits per heavy atom. The van der Waals surface area contributed by atoms with E-state index in [0.717, 1.165) is 21.2 Å². The molecule has 2 aromatic rings. The zero-order valence-electron chi connectivity index (χ0n) is 10.6. The first-order valence-corrected chi connectivity index (χ1v) is 6.45. The molecule has 2 heteroatoms. The van der Waals surface area contributed by atoms with E-state index >= 15 is 0 Å². The third kappa shape index (κ3) is 1.60. The van der Waals surface area contributed by atoms with E-state index in [-0.39, 0.29) is 5.41 Å². The third-order valence-electron chi connectivity index (χ3n) is 3.63. The zero-order valence-corrected chi connectivity index (χ0v) is 11.5. The Morgan fingerprint density at radius 1 is 1.06 bits per heavy atom. The molecule has 0 saturated heterocycles. The molecule has 0 unspecified atom stereocenters. The molecule has 0 aromatic heterocycles.